The summed E-state index contributed by atoms with van der Waals surface area (Å²) in [7, 11) is -2.84. The molecule has 46 heavy (non-hydrogen) atoms. The van der Waals surface area contributed by atoms with E-state index in [1.165, 1.54) is 18.2 Å². The van der Waals surface area contributed by atoms with Crippen molar-refractivity contribution in [2.45, 2.75) is 11.8 Å². The lowest BCUT2D eigenvalue weighted by Gasteiger charge is -2.12. The second-order valence-electron chi connectivity index (χ2n) is 10.7. The molecule has 7 nitrogen and oxygen atoms in total. The molecule has 0 heterocycles. The molecule has 0 aliphatic rings. The molecule has 0 radical (unpaired) electrons. The number of ether oxygens (including phenoxy) is 2. The fourth-order valence-electron chi connectivity index (χ4n) is 5.34. The van der Waals surface area contributed by atoms with Crippen molar-refractivity contribution in [2.75, 3.05) is 7.11 Å². The molecular weight excluding hydrogens is 600 g/mol. The summed E-state index contributed by atoms with van der Waals surface area (Å²) in [4.78, 5) is 26.5. The fraction of sp³-hybridized carbons (Fsp3) is 0.0526. The van der Waals surface area contributed by atoms with Crippen LogP contribution in [-0.2, 0) is 10.1 Å². The number of carbonyl (C=O) groups excluding carboxylic acids is 2. The summed E-state index contributed by atoms with van der Waals surface area (Å²) in [6, 6.07) is 36.1. The molecule has 0 atom stereocenters. The van der Waals surface area contributed by atoms with Crippen LogP contribution in [0.25, 0.3) is 21.9 Å². The zero-order valence-corrected chi connectivity index (χ0v) is 25.7. The topological polar surface area (TPSA) is 107 Å². The summed E-state index contributed by atoms with van der Waals surface area (Å²) in [5.74, 6) is 1.45. The molecule has 0 aromatic heterocycles. The maximum absolute atomic E-state index is 13.5. The van der Waals surface area contributed by atoms with Gasteiger partial charge in [-0.1, -0.05) is 78.4 Å². The van der Waals surface area contributed by atoms with E-state index >= 15 is 0 Å². The molecule has 0 spiro atoms. The second kappa shape index (κ2) is 12.4. The zero-order valence-electron chi connectivity index (χ0n) is 24.9. The van der Waals surface area contributed by atoms with Gasteiger partial charge in [-0.15, -0.1) is 0 Å². The largest absolute Gasteiger partial charge is 0.496 e. The average Bonchev–Trinajstić information content (AvgIpc) is 3.07. The standard InChI is InChI=1S/C38H28O7S/c1-24-12-21-31(34(22-24)38(40)28-6-3-7-30(23-28)46(41,42)43)25-13-15-26(16-14-25)37(39)27-17-19-29(20-18-27)45-36-11-5-8-32-33(36)9-4-10-35(32)44-2/h3-23H,1-2H3,(H,41,42,43). The van der Waals surface area contributed by atoms with Crippen LogP contribution in [0.1, 0.15) is 37.4 Å². The molecule has 0 aliphatic heterocycles. The third-order valence-corrected chi connectivity index (χ3v) is 8.53. The number of aryl methyl sites for hydroxylation is 1. The molecule has 0 saturated carbocycles. The maximum Gasteiger partial charge on any atom is 0.294 e. The normalized spacial score (nSPS) is 11.3. The molecule has 0 bridgehead atoms. The fourth-order valence-corrected chi connectivity index (χ4v) is 5.87. The van der Waals surface area contributed by atoms with E-state index in [4.69, 9.17) is 9.47 Å². The van der Waals surface area contributed by atoms with Crippen LogP contribution in [0.3, 0.4) is 0 Å². The van der Waals surface area contributed by atoms with Crippen molar-refractivity contribution in [1.82, 2.24) is 0 Å². The Hall–Kier alpha value is -5.57. The van der Waals surface area contributed by atoms with Crippen LogP contribution < -0.4 is 9.47 Å². The first-order valence-electron chi connectivity index (χ1n) is 14.3. The van der Waals surface area contributed by atoms with Gasteiger partial charge in [0, 0.05) is 33.0 Å². The number of hydrogen-bond donors (Lipinski definition) is 1. The van der Waals surface area contributed by atoms with Gasteiger partial charge in [-0.25, -0.2) is 0 Å². The summed E-state index contributed by atoms with van der Waals surface area (Å²) in [5, 5.41) is 1.85. The smallest absolute Gasteiger partial charge is 0.294 e. The van der Waals surface area contributed by atoms with Crippen molar-refractivity contribution in [2.24, 2.45) is 0 Å². The number of fused-ring (bicyclic) bond motifs is 1. The minimum atomic E-state index is -4.47. The Morgan fingerprint density at radius 3 is 1.89 bits per heavy atom. The minimum Gasteiger partial charge on any atom is -0.496 e. The highest BCUT2D eigenvalue weighted by atomic mass is 32.2. The molecule has 0 saturated heterocycles. The number of rotatable bonds is 9. The number of ketones is 2. The van der Waals surface area contributed by atoms with Gasteiger partial charge in [-0.2, -0.15) is 8.42 Å². The van der Waals surface area contributed by atoms with E-state index in [1.807, 2.05) is 55.5 Å². The van der Waals surface area contributed by atoms with Crippen molar-refractivity contribution < 1.29 is 32.0 Å². The van der Waals surface area contributed by atoms with Gasteiger partial charge < -0.3 is 9.47 Å². The van der Waals surface area contributed by atoms with Gasteiger partial charge >= 0.3 is 0 Å². The van der Waals surface area contributed by atoms with Gasteiger partial charge in [-0.3, -0.25) is 14.1 Å². The van der Waals surface area contributed by atoms with Crippen LogP contribution in [0, 0.1) is 6.92 Å². The number of hydrogen-bond acceptors (Lipinski definition) is 6. The summed E-state index contributed by atoms with van der Waals surface area (Å²) in [6.07, 6.45) is 0. The number of benzene rings is 6. The Balaban J connectivity index is 1.23. The van der Waals surface area contributed by atoms with Gasteiger partial charge in [0.15, 0.2) is 11.6 Å². The average molecular weight is 629 g/mol. The van der Waals surface area contributed by atoms with Crippen molar-refractivity contribution >= 4 is 32.5 Å². The van der Waals surface area contributed by atoms with Crippen LogP contribution >= 0.6 is 0 Å². The maximum atomic E-state index is 13.5. The Kier molecular flexibility index (Phi) is 8.23. The van der Waals surface area contributed by atoms with E-state index in [0.29, 0.717) is 39.3 Å². The van der Waals surface area contributed by atoms with Crippen molar-refractivity contribution in [3.8, 4) is 28.4 Å². The van der Waals surface area contributed by atoms with Gasteiger partial charge in [-0.05, 0) is 72.6 Å². The molecular formula is C38H28O7S. The Morgan fingerprint density at radius 1 is 0.630 bits per heavy atom. The zero-order chi connectivity index (χ0) is 32.4. The molecule has 6 rings (SSSR count). The molecule has 8 heteroatoms. The summed E-state index contributed by atoms with van der Waals surface area (Å²) in [5.41, 5.74) is 3.63. The predicted octanol–water partition coefficient (Wildman–Crippen LogP) is 8.32. The number of carbonyl (C=O) groups is 2. The lowest BCUT2D eigenvalue weighted by Crippen LogP contribution is -2.07. The third-order valence-electron chi connectivity index (χ3n) is 7.68. The molecule has 6 aromatic carbocycles. The van der Waals surface area contributed by atoms with Gasteiger partial charge in [0.25, 0.3) is 10.1 Å². The highest BCUT2D eigenvalue weighted by Gasteiger charge is 2.19. The summed E-state index contributed by atoms with van der Waals surface area (Å²) >= 11 is 0. The molecule has 228 valence electrons. The lowest BCUT2D eigenvalue weighted by atomic mass is 9.91. The summed E-state index contributed by atoms with van der Waals surface area (Å²) in [6.45, 7) is 1.85. The van der Waals surface area contributed by atoms with E-state index in [0.717, 1.165) is 28.2 Å². The van der Waals surface area contributed by atoms with E-state index in [9.17, 15) is 22.6 Å². The molecule has 6 aromatic rings. The van der Waals surface area contributed by atoms with Gasteiger partial charge in [0.05, 0.1) is 12.0 Å². The third kappa shape index (κ3) is 6.17. The van der Waals surface area contributed by atoms with Gasteiger partial charge in [0.1, 0.15) is 17.2 Å². The first-order valence-corrected chi connectivity index (χ1v) is 15.8. The quantitative estimate of drug-likeness (QED) is 0.127. The van der Waals surface area contributed by atoms with E-state index in [-0.39, 0.29) is 16.2 Å². The predicted molar refractivity (Wildman–Crippen MR) is 177 cm³/mol. The van der Waals surface area contributed by atoms with E-state index in [1.54, 1.807) is 61.7 Å². The second-order valence-corrected chi connectivity index (χ2v) is 12.1. The molecule has 1 N–H and O–H groups in total. The van der Waals surface area contributed by atoms with Crippen LogP contribution in [0.15, 0.2) is 132 Å². The highest BCUT2D eigenvalue weighted by Crippen LogP contribution is 2.35. The molecule has 0 unspecified atom stereocenters. The van der Waals surface area contributed by atoms with E-state index < -0.39 is 15.9 Å². The Morgan fingerprint density at radius 2 is 1.24 bits per heavy atom. The molecule has 0 fully saturated rings. The number of methoxy groups -OCH3 is 1. The van der Waals surface area contributed by atoms with Crippen LogP contribution in [-0.4, -0.2) is 31.6 Å². The first-order chi connectivity index (χ1) is 22.1. The lowest BCUT2D eigenvalue weighted by molar-refractivity contribution is 0.103. The van der Waals surface area contributed by atoms with E-state index in [2.05, 4.69) is 0 Å². The van der Waals surface area contributed by atoms with Crippen molar-refractivity contribution in [3.63, 3.8) is 0 Å². The minimum absolute atomic E-state index is 0.126. The van der Waals surface area contributed by atoms with Crippen LogP contribution in [0.5, 0.6) is 17.2 Å². The highest BCUT2D eigenvalue weighted by molar-refractivity contribution is 7.85. The summed E-state index contributed by atoms with van der Waals surface area (Å²) < 4.78 is 44.3. The van der Waals surface area contributed by atoms with Crippen molar-refractivity contribution in [1.29, 1.82) is 0 Å². The van der Waals surface area contributed by atoms with Crippen LogP contribution in [0.2, 0.25) is 0 Å². The molecule has 0 aliphatic carbocycles. The SMILES string of the molecule is COc1cccc2c(Oc3ccc(C(=O)c4ccc(-c5ccc(C)cc5C(=O)c5cccc(S(=O)(=O)O)c5)cc4)cc3)cccc12. The Bertz CT molecular complexity index is 2220. The monoisotopic (exact) mass is 628 g/mol. The van der Waals surface area contributed by atoms with Crippen LogP contribution in [0.4, 0.5) is 0 Å². The molecule has 0 amide bonds. The first kappa shape index (κ1) is 30.5. The van der Waals surface area contributed by atoms with Crippen molar-refractivity contribution in [3.05, 3.63) is 155 Å². The van der Waals surface area contributed by atoms with Gasteiger partial charge in [0.2, 0.25) is 0 Å². The Labute approximate surface area is 266 Å².